The molecule has 2 aliphatic rings. The summed E-state index contributed by atoms with van der Waals surface area (Å²) in [4.78, 5) is 30.2. The molecule has 2 aromatic rings. The molecule has 1 amide bonds. The number of aliphatic hydroxyl groups is 1. The molecule has 1 N–H and O–H groups in total. The van der Waals surface area contributed by atoms with Crippen LogP contribution < -0.4 is 9.47 Å². The van der Waals surface area contributed by atoms with Crippen molar-refractivity contribution in [3.63, 3.8) is 0 Å². The van der Waals surface area contributed by atoms with Crippen LogP contribution in [0.3, 0.4) is 0 Å². The van der Waals surface area contributed by atoms with Crippen LogP contribution >= 0.6 is 0 Å². The molecule has 4 rings (SSSR count). The van der Waals surface area contributed by atoms with Gasteiger partial charge in [-0.2, -0.15) is 0 Å². The highest BCUT2D eigenvalue weighted by molar-refractivity contribution is 6.46. The molecule has 2 saturated heterocycles. The molecular formula is C27H32N2O6. The maximum atomic E-state index is 13.3. The van der Waals surface area contributed by atoms with Gasteiger partial charge in [0.1, 0.15) is 17.3 Å². The van der Waals surface area contributed by atoms with Crippen LogP contribution in [0.1, 0.15) is 29.7 Å². The van der Waals surface area contributed by atoms with Gasteiger partial charge in [-0.3, -0.25) is 14.5 Å². The number of aryl methyl sites for hydroxylation is 1. The lowest BCUT2D eigenvalue weighted by atomic mass is 9.94. The third-order valence-corrected chi connectivity index (χ3v) is 6.48. The summed E-state index contributed by atoms with van der Waals surface area (Å²) in [6.07, 6.45) is 0. The average Bonchev–Trinajstić information content (AvgIpc) is 3.13. The van der Waals surface area contributed by atoms with Gasteiger partial charge in [0.2, 0.25) is 0 Å². The van der Waals surface area contributed by atoms with Gasteiger partial charge < -0.3 is 24.2 Å². The predicted molar refractivity (Wildman–Crippen MR) is 132 cm³/mol. The van der Waals surface area contributed by atoms with Crippen molar-refractivity contribution in [3.8, 4) is 11.5 Å². The zero-order chi connectivity index (χ0) is 24.9. The fourth-order valence-electron chi connectivity index (χ4n) is 4.63. The van der Waals surface area contributed by atoms with Crippen molar-refractivity contribution in [3.05, 3.63) is 64.7 Å². The number of aliphatic hydroxyl groups excluding tert-OH is 1. The second-order valence-electron chi connectivity index (χ2n) is 8.63. The van der Waals surface area contributed by atoms with E-state index in [9.17, 15) is 14.7 Å². The zero-order valence-electron chi connectivity index (χ0n) is 20.5. The quantitative estimate of drug-likeness (QED) is 0.353. The number of ether oxygens (including phenoxy) is 3. The first-order chi connectivity index (χ1) is 16.9. The number of carbonyl (C=O) groups excluding carboxylic acids is 2. The number of hydrogen-bond acceptors (Lipinski definition) is 7. The Balaban J connectivity index is 1.73. The number of rotatable bonds is 8. The molecule has 0 unspecified atom stereocenters. The Morgan fingerprint density at radius 3 is 2.43 bits per heavy atom. The molecule has 0 spiro atoms. The minimum atomic E-state index is -0.700. The Hall–Kier alpha value is -3.36. The Morgan fingerprint density at radius 1 is 1.09 bits per heavy atom. The Kier molecular flexibility index (Phi) is 7.73. The molecule has 2 aromatic carbocycles. The number of carbonyl (C=O) groups is 2. The van der Waals surface area contributed by atoms with E-state index in [-0.39, 0.29) is 11.3 Å². The molecule has 186 valence electrons. The van der Waals surface area contributed by atoms with E-state index in [0.717, 1.165) is 24.2 Å². The van der Waals surface area contributed by atoms with Gasteiger partial charge in [0.05, 0.1) is 38.5 Å². The largest absolute Gasteiger partial charge is 0.507 e. The van der Waals surface area contributed by atoms with Crippen LogP contribution in [0.5, 0.6) is 11.5 Å². The second-order valence-corrected chi connectivity index (χ2v) is 8.63. The Morgan fingerprint density at radius 2 is 1.80 bits per heavy atom. The topological polar surface area (TPSA) is 88.5 Å². The minimum Gasteiger partial charge on any atom is -0.507 e. The number of Topliss-reactive ketones (excluding diaryl/α,β-unsaturated/α-hetero) is 1. The van der Waals surface area contributed by atoms with E-state index in [0.29, 0.717) is 50.0 Å². The molecule has 2 fully saturated rings. The van der Waals surface area contributed by atoms with Gasteiger partial charge in [-0.25, -0.2) is 0 Å². The number of ketones is 1. The van der Waals surface area contributed by atoms with Crippen molar-refractivity contribution >= 4 is 17.4 Å². The van der Waals surface area contributed by atoms with Crippen LogP contribution in [0.2, 0.25) is 0 Å². The smallest absolute Gasteiger partial charge is 0.295 e. The molecule has 0 saturated carbocycles. The number of methoxy groups -OCH3 is 1. The van der Waals surface area contributed by atoms with Gasteiger partial charge in [-0.1, -0.05) is 12.1 Å². The van der Waals surface area contributed by atoms with E-state index in [1.54, 1.807) is 30.2 Å². The normalized spacial score (nSPS) is 20.3. The summed E-state index contributed by atoms with van der Waals surface area (Å²) in [6, 6.07) is 11.8. The molecule has 0 aromatic heterocycles. The first-order valence-corrected chi connectivity index (χ1v) is 11.9. The number of hydrogen-bond donors (Lipinski definition) is 1. The van der Waals surface area contributed by atoms with Crippen molar-refractivity contribution in [1.29, 1.82) is 0 Å². The fraction of sp³-hybridized carbons (Fsp3) is 0.407. The molecule has 0 aliphatic carbocycles. The molecule has 0 bridgehead atoms. The van der Waals surface area contributed by atoms with Crippen LogP contribution in [-0.4, -0.2) is 79.7 Å². The second kappa shape index (κ2) is 10.9. The molecule has 2 heterocycles. The summed E-state index contributed by atoms with van der Waals surface area (Å²) in [6.45, 7) is 8.15. The minimum absolute atomic E-state index is 0.0886. The summed E-state index contributed by atoms with van der Waals surface area (Å²) >= 11 is 0. The first-order valence-electron chi connectivity index (χ1n) is 11.9. The standard InChI is InChI=1S/C27H32N2O6/c1-4-35-21-8-5-19(6-9-21)24-23(25(30)20-7-10-22(33-3)18(2)17-20)26(31)27(32)29(24)12-11-28-13-15-34-16-14-28/h5-10,17,24,30H,4,11-16H2,1-3H3/t24-/m1/s1. The maximum absolute atomic E-state index is 13.3. The van der Waals surface area contributed by atoms with E-state index in [2.05, 4.69) is 4.90 Å². The molecule has 2 aliphatic heterocycles. The van der Waals surface area contributed by atoms with Crippen molar-refractivity contribution < 1.29 is 28.9 Å². The van der Waals surface area contributed by atoms with Crippen LogP contribution in [0.25, 0.3) is 5.76 Å². The molecule has 0 radical (unpaired) electrons. The number of nitrogens with zero attached hydrogens (tertiary/aromatic N) is 2. The van der Waals surface area contributed by atoms with Crippen molar-refractivity contribution in [2.75, 3.05) is 53.1 Å². The van der Waals surface area contributed by atoms with Gasteiger partial charge in [-0.05, 0) is 55.3 Å². The molecule has 8 nitrogen and oxygen atoms in total. The lowest BCUT2D eigenvalue weighted by Crippen LogP contribution is -2.42. The molecule has 8 heteroatoms. The van der Waals surface area contributed by atoms with Crippen LogP contribution in [0, 0.1) is 6.92 Å². The van der Waals surface area contributed by atoms with Crippen LogP contribution in [0.15, 0.2) is 48.0 Å². The van der Waals surface area contributed by atoms with Gasteiger partial charge in [0.15, 0.2) is 0 Å². The molecule has 1 atom stereocenters. The summed E-state index contributed by atoms with van der Waals surface area (Å²) in [5.74, 6) is -0.106. The molecular weight excluding hydrogens is 448 g/mol. The SMILES string of the molecule is CCOc1ccc([C@@H]2C(=C(O)c3ccc(OC)c(C)c3)C(=O)C(=O)N2CCN2CCOCC2)cc1. The van der Waals surface area contributed by atoms with Gasteiger partial charge in [-0.15, -0.1) is 0 Å². The van der Waals surface area contributed by atoms with Crippen LogP contribution in [0.4, 0.5) is 0 Å². The number of amides is 1. The number of morpholine rings is 1. The third-order valence-electron chi connectivity index (χ3n) is 6.48. The third kappa shape index (κ3) is 5.18. The van der Waals surface area contributed by atoms with Crippen LogP contribution in [-0.2, 0) is 14.3 Å². The zero-order valence-corrected chi connectivity index (χ0v) is 20.5. The van der Waals surface area contributed by atoms with E-state index in [1.165, 1.54) is 0 Å². The van der Waals surface area contributed by atoms with E-state index < -0.39 is 17.7 Å². The fourth-order valence-corrected chi connectivity index (χ4v) is 4.63. The lowest BCUT2D eigenvalue weighted by Gasteiger charge is -2.31. The summed E-state index contributed by atoms with van der Waals surface area (Å²) in [7, 11) is 1.58. The Labute approximate surface area is 205 Å². The summed E-state index contributed by atoms with van der Waals surface area (Å²) < 4.78 is 16.3. The van der Waals surface area contributed by atoms with Gasteiger partial charge >= 0.3 is 0 Å². The lowest BCUT2D eigenvalue weighted by molar-refractivity contribution is -0.140. The predicted octanol–water partition coefficient (Wildman–Crippen LogP) is 3.16. The summed E-state index contributed by atoms with van der Waals surface area (Å²) in [5, 5.41) is 11.3. The highest BCUT2D eigenvalue weighted by atomic mass is 16.5. The van der Waals surface area contributed by atoms with Gasteiger partial charge in [0, 0.05) is 31.7 Å². The van der Waals surface area contributed by atoms with Crippen molar-refractivity contribution in [2.24, 2.45) is 0 Å². The molecule has 35 heavy (non-hydrogen) atoms. The highest BCUT2D eigenvalue weighted by Gasteiger charge is 2.46. The first kappa shape index (κ1) is 24.8. The monoisotopic (exact) mass is 480 g/mol. The number of benzene rings is 2. The van der Waals surface area contributed by atoms with Crippen molar-refractivity contribution in [1.82, 2.24) is 9.80 Å². The highest BCUT2D eigenvalue weighted by Crippen LogP contribution is 2.40. The van der Waals surface area contributed by atoms with E-state index in [4.69, 9.17) is 14.2 Å². The summed E-state index contributed by atoms with van der Waals surface area (Å²) in [5.41, 5.74) is 2.10. The maximum Gasteiger partial charge on any atom is 0.295 e. The average molecular weight is 481 g/mol. The van der Waals surface area contributed by atoms with E-state index in [1.807, 2.05) is 38.1 Å². The van der Waals surface area contributed by atoms with Gasteiger partial charge in [0.25, 0.3) is 11.7 Å². The van der Waals surface area contributed by atoms with E-state index >= 15 is 0 Å². The van der Waals surface area contributed by atoms with Crippen molar-refractivity contribution in [2.45, 2.75) is 19.9 Å². The number of likely N-dealkylation sites (tertiary alicyclic amines) is 1. The Bertz CT molecular complexity index is 1110.